The van der Waals surface area contributed by atoms with Gasteiger partial charge in [0.15, 0.2) is 6.10 Å². The molecular formula is C15H23N3O5. The summed E-state index contributed by atoms with van der Waals surface area (Å²) in [5, 5.41) is 3.84. The Morgan fingerprint density at radius 1 is 1.39 bits per heavy atom. The number of rotatable bonds is 3. The Kier molecular flexibility index (Phi) is 4.91. The Balaban J connectivity index is 2.22. The molecular weight excluding hydrogens is 302 g/mol. The minimum Gasteiger partial charge on any atom is -0.452 e. The lowest BCUT2D eigenvalue weighted by molar-refractivity contribution is -0.150. The topological polar surface area (TPSA) is 94.8 Å². The van der Waals surface area contributed by atoms with Crippen LogP contribution in [-0.4, -0.2) is 45.3 Å². The van der Waals surface area contributed by atoms with Gasteiger partial charge in [0.25, 0.3) is 0 Å². The summed E-state index contributed by atoms with van der Waals surface area (Å²) in [7, 11) is 0. The van der Waals surface area contributed by atoms with E-state index in [1.54, 1.807) is 11.8 Å². The summed E-state index contributed by atoms with van der Waals surface area (Å²) >= 11 is 0. The molecule has 0 bridgehead atoms. The first kappa shape index (κ1) is 17.2. The van der Waals surface area contributed by atoms with Crippen molar-refractivity contribution in [2.24, 2.45) is 0 Å². The summed E-state index contributed by atoms with van der Waals surface area (Å²) in [6.45, 7) is 8.93. The van der Waals surface area contributed by atoms with Crippen molar-refractivity contribution in [2.75, 3.05) is 6.54 Å². The van der Waals surface area contributed by atoms with E-state index in [0.717, 1.165) is 6.42 Å². The van der Waals surface area contributed by atoms with Gasteiger partial charge in [-0.2, -0.15) is 4.98 Å². The molecule has 0 aromatic carbocycles. The Bertz CT molecular complexity index is 578. The number of hydrogen-bond donors (Lipinski definition) is 0. The van der Waals surface area contributed by atoms with Crippen LogP contribution in [0.5, 0.6) is 0 Å². The molecule has 0 aliphatic carbocycles. The smallest absolute Gasteiger partial charge is 0.410 e. The van der Waals surface area contributed by atoms with Crippen molar-refractivity contribution in [1.82, 2.24) is 15.0 Å². The second-order valence-corrected chi connectivity index (χ2v) is 6.58. The highest BCUT2D eigenvalue weighted by Gasteiger charge is 2.41. The normalized spacial score (nSPS) is 19.5. The second kappa shape index (κ2) is 6.55. The summed E-state index contributed by atoms with van der Waals surface area (Å²) < 4.78 is 15.8. The molecule has 2 rings (SSSR count). The van der Waals surface area contributed by atoms with E-state index in [1.807, 2.05) is 20.8 Å². The molecule has 2 heterocycles. The van der Waals surface area contributed by atoms with Crippen LogP contribution >= 0.6 is 0 Å². The minimum absolute atomic E-state index is 0.262. The van der Waals surface area contributed by atoms with Crippen LogP contribution in [0, 0.1) is 6.92 Å². The largest absolute Gasteiger partial charge is 0.452 e. The number of carbonyl (C=O) groups is 2. The quantitative estimate of drug-likeness (QED) is 0.787. The maximum Gasteiger partial charge on any atom is 0.410 e. The first-order chi connectivity index (χ1) is 10.7. The minimum atomic E-state index is -0.764. The first-order valence-corrected chi connectivity index (χ1v) is 7.64. The summed E-state index contributed by atoms with van der Waals surface area (Å²) in [6, 6.07) is -0.370. The molecule has 0 radical (unpaired) electrons. The molecule has 0 spiro atoms. The first-order valence-electron chi connectivity index (χ1n) is 7.64. The van der Waals surface area contributed by atoms with Crippen molar-refractivity contribution >= 4 is 12.1 Å². The SMILES string of the molecule is CC(=O)OC(c1noc(C)n1)C1CCCN1C(=O)OC(C)(C)C. The van der Waals surface area contributed by atoms with Gasteiger partial charge in [0, 0.05) is 20.4 Å². The van der Waals surface area contributed by atoms with Gasteiger partial charge in [-0.3, -0.25) is 4.79 Å². The van der Waals surface area contributed by atoms with Gasteiger partial charge in [-0.05, 0) is 33.6 Å². The molecule has 2 unspecified atom stereocenters. The van der Waals surface area contributed by atoms with Crippen LogP contribution in [0.3, 0.4) is 0 Å². The van der Waals surface area contributed by atoms with Gasteiger partial charge in [-0.25, -0.2) is 4.79 Å². The number of nitrogens with zero attached hydrogens (tertiary/aromatic N) is 3. The predicted molar refractivity (Wildman–Crippen MR) is 79.5 cm³/mol. The molecule has 23 heavy (non-hydrogen) atoms. The molecule has 1 amide bonds. The van der Waals surface area contributed by atoms with Crippen LogP contribution in [0.15, 0.2) is 4.52 Å². The summed E-state index contributed by atoms with van der Waals surface area (Å²) in [4.78, 5) is 29.6. The molecule has 1 fully saturated rings. The van der Waals surface area contributed by atoms with Crippen molar-refractivity contribution < 1.29 is 23.6 Å². The van der Waals surface area contributed by atoms with Crippen molar-refractivity contribution in [3.8, 4) is 0 Å². The third-order valence-corrected chi connectivity index (χ3v) is 3.37. The Morgan fingerprint density at radius 2 is 2.09 bits per heavy atom. The third-order valence-electron chi connectivity index (χ3n) is 3.37. The molecule has 128 valence electrons. The van der Waals surface area contributed by atoms with Gasteiger partial charge < -0.3 is 18.9 Å². The lowest BCUT2D eigenvalue weighted by Gasteiger charge is -2.31. The maximum absolute atomic E-state index is 12.4. The van der Waals surface area contributed by atoms with Gasteiger partial charge >= 0.3 is 12.1 Å². The molecule has 1 aromatic heterocycles. The van der Waals surface area contributed by atoms with Crippen molar-refractivity contribution in [3.63, 3.8) is 0 Å². The number of amides is 1. The Morgan fingerprint density at radius 3 is 2.61 bits per heavy atom. The highest BCUT2D eigenvalue weighted by Crippen LogP contribution is 2.32. The monoisotopic (exact) mass is 325 g/mol. The maximum atomic E-state index is 12.4. The van der Waals surface area contributed by atoms with Gasteiger partial charge in [-0.1, -0.05) is 5.16 Å². The van der Waals surface area contributed by atoms with Crippen LogP contribution in [-0.2, 0) is 14.3 Å². The van der Waals surface area contributed by atoms with E-state index in [-0.39, 0.29) is 11.9 Å². The van der Waals surface area contributed by atoms with Crippen molar-refractivity contribution in [2.45, 2.75) is 65.2 Å². The highest BCUT2D eigenvalue weighted by molar-refractivity contribution is 5.69. The van der Waals surface area contributed by atoms with E-state index >= 15 is 0 Å². The molecule has 1 aliphatic rings. The molecule has 1 aliphatic heterocycles. The second-order valence-electron chi connectivity index (χ2n) is 6.58. The highest BCUT2D eigenvalue weighted by atomic mass is 16.6. The summed E-state index contributed by atoms with van der Waals surface area (Å²) in [5.74, 6) is 0.172. The zero-order valence-electron chi connectivity index (χ0n) is 14.2. The fourth-order valence-electron chi connectivity index (χ4n) is 2.57. The van der Waals surface area contributed by atoms with E-state index in [9.17, 15) is 9.59 Å². The van der Waals surface area contributed by atoms with E-state index in [1.165, 1.54) is 6.92 Å². The number of esters is 1. The average Bonchev–Trinajstić information content (AvgIpc) is 3.02. The molecule has 1 aromatic rings. The van der Waals surface area contributed by atoms with E-state index < -0.39 is 23.8 Å². The van der Waals surface area contributed by atoms with Crippen LogP contribution in [0.25, 0.3) is 0 Å². The van der Waals surface area contributed by atoms with Gasteiger partial charge in [0.05, 0.1) is 6.04 Å². The fraction of sp³-hybridized carbons (Fsp3) is 0.733. The fourth-order valence-corrected chi connectivity index (χ4v) is 2.57. The molecule has 8 nitrogen and oxygen atoms in total. The lowest BCUT2D eigenvalue weighted by atomic mass is 10.1. The van der Waals surface area contributed by atoms with Gasteiger partial charge in [0.2, 0.25) is 11.7 Å². The standard InChI is InChI=1S/C15H23N3O5/c1-9-16-13(17-23-9)12(21-10(2)19)11-7-6-8-18(11)14(20)22-15(3,4)5/h11-12H,6-8H2,1-5H3. The average molecular weight is 325 g/mol. The van der Waals surface area contributed by atoms with E-state index in [2.05, 4.69) is 10.1 Å². The van der Waals surface area contributed by atoms with E-state index in [4.69, 9.17) is 14.0 Å². The number of ether oxygens (including phenoxy) is 2. The van der Waals surface area contributed by atoms with Crippen LogP contribution in [0.1, 0.15) is 58.4 Å². The number of hydrogen-bond acceptors (Lipinski definition) is 7. The summed E-state index contributed by atoms with van der Waals surface area (Å²) in [5.41, 5.74) is -0.593. The molecule has 8 heteroatoms. The van der Waals surface area contributed by atoms with Gasteiger partial charge in [0.1, 0.15) is 5.60 Å². The zero-order valence-corrected chi connectivity index (χ0v) is 14.2. The van der Waals surface area contributed by atoms with Crippen LogP contribution in [0.2, 0.25) is 0 Å². The number of likely N-dealkylation sites (tertiary alicyclic amines) is 1. The molecule has 0 saturated carbocycles. The third kappa shape index (κ3) is 4.43. The van der Waals surface area contributed by atoms with E-state index in [0.29, 0.717) is 18.9 Å². The molecule has 1 saturated heterocycles. The lowest BCUT2D eigenvalue weighted by Crippen LogP contribution is -2.43. The number of aryl methyl sites for hydroxylation is 1. The van der Waals surface area contributed by atoms with Crippen molar-refractivity contribution in [1.29, 1.82) is 0 Å². The van der Waals surface area contributed by atoms with Crippen LogP contribution in [0.4, 0.5) is 4.79 Å². The Labute approximate surface area is 135 Å². The number of carbonyl (C=O) groups excluding carboxylic acids is 2. The Hall–Kier alpha value is -2.12. The summed E-state index contributed by atoms with van der Waals surface area (Å²) in [6.07, 6.45) is 0.265. The molecule has 0 N–H and O–H groups in total. The molecule has 2 atom stereocenters. The van der Waals surface area contributed by atoms with Crippen LogP contribution < -0.4 is 0 Å². The van der Waals surface area contributed by atoms with Crippen molar-refractivity contribution in [3.05, 3.63) is 11.7 Å². The predicted octanol–water partition coefficient (Wildman–Crippen LogP) is 2.38. The zero-order chi connectivity index (χ0) is 17.2. The van der Waals surface area contributed by atoms with Gasteiger partial charge in [-0.15, -0.1) is 0 Å². The number of aromatic nitrogens is 2.